The molecule has 15 heteroatoms. The van der Waals surface area contributed by atoms with E-state index in [1.807, 2.05) is 36.1 Å². The number of phenolic OH excluding ortho intramolecular Hbond substituents is 1. The summed E-state index contributed by atoms with van der Waals surface area (Å²) in [4.78, 5) is 62.6. The third kappa shape index (κ3) is 9.39. The van der Waals surface area contributed by atoms with E-state index < -0.39 is 12.2 Å². The van der Waals surface area contributed by atoms with Crippen molar-refractivity contribution in [1.29, 1.82) is 0 Å². The van der Waals surface area contributed by atoms with Gasteiger partial charge in [0.15, 0.2) is 6.10 Å². The molecule has 1 unspecified atom stereocenters. The number of piperazine rings is 1. The third-order valence-corrected chi connectivity index (χ3v) is 11.9. The van der Waals surface area contributed by atoms with Crippen molar-refractivity contribution in [2.24, 2.45) is 0 Å². The highest BCUT2D eigenvalue weighted by atomic mass is 79.9. The molecule has 3 saturated heterocycles. The average Bonchev–Trinajstić information content (AvgIpc) is 3.31. The number of carbonyl (C=O) groups is 4. The monoisotopic (exact) mass is 846 g/mol. The van der Waals surface area contributed by atoms with Crippen LogP contribution in [0.3, 0.4) is 0 Å². The number of carbonyl (C=O) groups excluding carboxylic acids is 4. The van der Waals surface area contributed by atoms with Crippen molar-refractivity contribution in [2.75, 3.05) is 77.4 Å². The number of piperidine rings is 2. The number of likely N-dealkylation sites (tertiary alicyclic amines) is 2. The van der Waals surface area contributed by atoms with Crippen molar-refractivity contribution < 1.29 is 33.8 Å². The first-order valence-electron chi connectivity index (χ1n) is 18.3. The second-order valence-electron chi connectivity index (χ2n) is 13.9. The molecule has 3 fully saturated rings. The van der Waals surface area contributed by atoms with Crippen LogP contribution in [0.4, 0.5) is 15.3 Å². The fourth-order valence-corrected chi connectivity index (χ4v) is 9.05. The summed E-state index contributed by atoms with van der Waals surface area (Å²) in [6.07, 6.45) is 2.42. The minimum atomic E-state index is -1.05. The van der Waals surface area contributed by atoms with E-state index in [9.17, 15) is 24.3 Å². The van der Waals surface area contributed by atoms with Crippen LogP contribution in [-0.4, -0.2) is 144 Å². The highest BCUT2D eigenvalue weighted by molar-refractivity contribution is 9.11. The number of benzene rings is 2. The van der Waals surface area contributed by atoms with Crippen molar-refractivity contribution in [1.82, 2.24) is 24.5 Å². The molecular weight excluding hydrogens is 800 g/mol. The number of amides is 4. The van der Waals surface area contributed by atoms with Gasteiger partial charge < -0.3 is 34.6 Å². The number of urea groups is 1. The Morgan fingerprint density at radius 3 is 2.21 bits per heavy atom. The van der Waals surface area contributed by atoms with Gasteiger partial charge in [-0.25, -0.2) is 9.59 Å². The zero-order chi connectivity index (χ0) is 36.8. The smallest absolute Gasteiger partial charge is 0.410 e. The number of anilines is 1. The highest BCUT2D eigenvalue weighted by Gasteiger charge is 2.36. The molecule has 4 amide bonds. The molecular formula is C37H48Br2N6O7. The maximum atomic E-state index is 14.1. The summed E-state index contributed by atoms with van der Waals surface area (Å²) in [5.74, 6) is -0.377. The summed E-state index contributed by atoms with van der Waals surface area (Å²) >= 11 is 6.76. The molecule has 1 atom stereocenters. The normalized spacial score (nSPS) is 20.1. The van der Waals surface area contributed by atoms with E-state index in [0.29, 0.717) is 86.8 Å². The van der Waals surface area contributed by atoms with Gasteiger partial charge >= 0.3 is 18.1 Å². The molecule has 0 aliphatic carbocycles. The van der Waals surface area contributed by atoms with Crippen molar-refractivity contribution in [3.8, 4) is 5.75 Å². The zero-order valence-corrected chi connectivity index (χ0v) is 32.8. The number of esters is 1. The fraction of sp³-hybridized carbons (Fsp3) is 0.568. The molecule has 2 N–H and O–H groups in total. The SMILES string of the molecule is CCOC(=O)CN1CCC(N2CCN(C(=O)C(Cc3cc(Br)c(O)c(Br)c3)OC(=O)N3CCC(N4CCc5ccccc5NC4=O)CC3)CC2)CC1. The van der Waals surface area contributed by atoms with Gasteiger partial charge in [-0.1, -0.05) is 18.2 Å². The Hall–Kier alpha value is -3.40. The van der Waals surface area contributed by atoms with E-state index in [4.69, 9.17) is 9.47 Å². The zero-order valence-electron chi connectivity index (χ0n) is 29.6. The Balaban J connectivity index is 1.05. The van der Waals surface area contributed by atoms with Gasteiger partial charge in [0.2, 0.25) is 0 Å². The number of fused-ring (bicyclic) bond motifs is 1. The highest BCUT2D eigenvalue weighted by Crippen LogP contribution is 2.34. The predicted molar refractivity (Wildman–Crippen MR) is 202 cm³/mol. The molecule has 2 aromatic rings. The van der Waals surface area contributed by atoms with Crippen molar-refractivity contribution in [3.05, 3.63) is 56.5 Å². The van der Waals surface area contributed by atoms with E-state index in [-0.39, 0.29) is 36.1 Å². The summed E-state index contributed by atoms with van der Waals surface area (Å²) in [6, 6.07) is 11.6. The Morgan fingerprint density at radius 1 is 0.885 bits per heavy atom. The van der Waals surface area contributed by atoms with Crippen LogP contribution in [-0.2, 0) is 31.9 Å². The summed E-state index contributed by atoms with van der Waals surface area (Å²) in [7, 11) is 0. The molecule has 4 aliphatic heterocycles. The number of hydrogen-bond donors (Lipinski definition) is 2. The Labute approximate surface area is 321 Å². The summed E-state index contributed by atoms with van der Waals surface area (Å²) in [6.45, 7) is 8.08. The van der Waals surface area contributed by atoms with Crippen LogP contribution in [0.2, 0.25) is 0 Å². The number of nitrogens with zero attached hydrogens (tertiary/aromatic N) is 5. The quantitative estimate of drug-likeness (QED) is 0.345. The largest absolute Gasteiger partial charge is 0.506 e. The van der Waals surface area contributed by atoms with Gasteiger partial charge in [-0.3, -0.25) is 19.4 Å². The molecule has 0 spiro atoms. The first-order valence-corrected chi connectivity index (χ1v) is 19.9. The summed E-state index contributed by atoms with van der Waals surface area (Å²) < 4.78 is 12.1. The molecule has 0 radical (unpaired) electrons. The molecule has 52 heavy (non-hydrogen) atoms. The number of aromatic hydroxyl groups is 1. The number of rotatable bonds is 9. The second-order valence-corrected chi connectivity index (χ2v) is 15.6. The first-order chi connectivity index (χ1) is 25.1. The van der Waals surface area contributed by atoms with E-state index in [1.54, 1.807) is 21.9 Å². The number of nitrogens with one attached hydrogen (secondary N) is 1. The summed E-state index contributed by atoms with van der Waals surface area (Å²) in [5, 5.41) is 13.3. The standard InChI is InChI=1S/C37H48Br2N6O7/c1-2-51-33(46)24-41-12-8-27(9-13-41)42-17-19-43(20-18-42)35(48)32(23-25-21-29(38)34(47)30(39)22-25)52-37(50)44-14-10-28(11-15-44)45-16-7-26-5-3-4-6-31(26)40-36(45)49/h3-6,21-22,27-28,32,47H,2,7-20,23-24H2,1H3,(H,40,49). The van der Waals surface area contributed by atoms with Gasteiger partial charge in [0.1, 0.15) is 5.75 Å². The molecule has 2 aromatic carbocycles. The molecule has 0 saturated carbocycles. The fourth-order valence-electron chi connectivity index (χ4n) is 7.77. The van der Waals surface area contributed by atoms with Gasteiger partial charge in [-0.05, 0) is 100 Å². The number of halogens is 2. The van der Waals surface area contributed by atoms with Gasteiger partial charge in [-0.2, -0.15) is 0 Å². The Kier molecular flexibility index (Phi) is 13.0. The van der Waals surface area contributed by atoms with E-state index >= 15 is 0 Å². The van der Waals surface area contributed by atoms with Crippen LogP contribution in [0, 0.1) is 0 Å². The van der Waals surface area contributed by atoms with E-state index in [0.717, 1.165) is 49.2 Å². The minimum Gasteiger partial charge on any atom is -0.506 e. The number of para-hydroxylation sites is 1. The Morgan fingerprint density at radius 2 is 1.54 bits per heavy atom. The maximum absolute atomic E-state index is 14.1. The van der Waals surface area contributed by atoms with Gasteiger partial charge in [0.25, 0.3) is 5.91 Å². The van der Waals surface area contributed by atoms with Gasteiger partial charge in [0, 0.05) is 83.1 Å². The van der Waals surface area contributed by atoms with E-state index in [2.05, 4.69) is 47.0 Å². The van der Waals surface area contributed by atoms with Gasteiger partial charge in [0.05, 0.1) is 22.1 Å². The van der Waals surface area contributed by atoms with Crippen LogP contribution in [0.15, 0.2) is 45.3 Å². The van der Waals surface area contributed by atoms with Crippen LogP contribution in [0.25, 0.3) is 0 Å². The van der Waals surface area contributed by atoms with Crippen molar-refractivity contribution in [3.63, 3.8) is 0 Å². The summed E-state index contributed by atoms with van der Waals surface area (Å²) in [5.41, 5.74) is 2.68. The van der Waals surface area contributed by atoms with Crippen LogP contribution >= 0.6 is 31.9 Å². The molecule has 13 nitrogen and oxygen atoms in total. The van der Waals surface area contributed by atoms with Gasteiger partial charge in [-0.15, -0.1) is 0 Å². The predicted octanol–water partition coefficient (Wildman–Crippen LogP) is 4.69. The average molecular weight is 849 g/mol. The first kappa shape index (κ1) is 38.3. The van der Waals surface area contributed by atoms with Crippen LogP contribution in [0.1, 0.15) is 43.7 Å². The molecule has 0 bridgehead atoms. The Bertz CT molecular complexity index is 1580. The lowest BCUT2D eigenvalue weighted by molar-refractivity contribution is -0.144. The number of phenols is 1. The molecule has 4 heterocycles. The third-order valence-electron chi connectivity index (χ3n) is 10.7. The van der Waals surface area contributed by atoms with Crippen LogP contribution in [0.5, 0.6) is 5.75 Å². The maximum Gasteiger partial charge on any atom is 0.410 e. The molecule has 6 rings (SSSR count). The van der Waals surface area contributed by atoms with E-state index in [1.165, 1.54) is 0 Å². The topological polar surface area (TPSA) is 135 Å². The van der Waals surface area contributed by atoms with Crippen molar-refractivity contribution in [2.45, 2.75) is 63.6 Å². The lowest BCUT2D eigenvalue weighted by Crippen LogP contribution is -2.57. The second kappa shape index (κ2) is 17.6. The number of ether oxygens (including phenoxy) is 2. The lowest BCUT2D eigenvalue weighted by atomic mass is 10.0. The van der Waals surface area contributed by atoms with Crippen LogP contribution < -0.4 is 5.32 Å². The molecule has 0 aromatic heterocycles. The number of hydrogen-bond acceptors (Lipinski definition) is 9. The lowest BCUT2D eigenvalue weighted by Gasteiger charge is -2.43. The van der Waals surface area contributed by atoms with Crippen molar-refractivity contribution >= 4 is 61.5 Å². The molecule has 4 aliphatic rings. The minimum absolute atomic E-state index is 0.0106. The molecule has 282 valence electrons.